The third-order valence-electron chi connectivity index (χ3n) is 3.85. The summed E-state index contributed by atoms with van der Waals surface area (Å²) in [6, 6.07) is 12.3. The Labute approximate surface area is 182 Å². The van der Waals surface area contributed by atoms with Crippen molar-refractivity contribution in [2.45, 2.75) is 6.61 Å². The van der Waals surface area contributed by atoms with Crippen LogP contribution >= 0.6 is 46.1 Å². The second-order valence-corrected chi connectivity index (χ2v) is 7.90. The number of rotatable bonds is 7. The van der Waals surface area contributed by atoms with Gasteiger partial charge in [0, 0.05) is 11.6 Å². The van der Waals surface area contributed by atoms with Gasteiger partial charge in [0.1, 0.15) is 18.1 Å². The van der Waals surface area contributed by atoms with Gasteiger partial charge in [0.05, 0.1) is 27.1 Å². The van der Waals surface area contributed by atoms with Crippen molar-refractivity contribution < 1.29 is 14.3 Å². The molecule has 1 heterocycles. The molecule has 3 nitrogen and oxygen atoms in total. The summed E-state index contributed by atoms with van der Waals surface area (Å²) in [5, 5.41) is 2.96. The van der Waals surface area contributed by atoms with E-state index in [0.29, 0.717) is 31.4 Å². The van der Waals surface area contributed by atoms with Crippen molar-refractivity contribution in [1.82, 2.24) is 0 Å². The summed E-state index contributed by atoms with van der Waals surface area (Å²) in [7, 11) is 1.58. The molecule has 0 aliphatic heterocycles. The second kappa shape index (κ2) is 9.48. The second-order valence-electron chi connectivity index (χ2n) is 5.73. The predicted molar refractivity (Wildman–Crippen MR) is 116 cm³/mol. The third-order valence-corrected chi connectivity index (χ3v) is 5.76. The molecule has 0 saturated heterocycles. The maximum absolute atomic E-state index is 12.1. The molecular weight excluding hydrogens is 439 g/mol. The zero-order valence-corrected chi connectivity index (χ0v) is 17.8. The number of halogens is 3. The smallest absolute Gasteiger partial charge is 0.195 e. The molecule has 0 radical (unpaired) electrons. The lowest BCUT2D eigenvalue weighted by molar-refractivity contribution is 0.105. The van der Waals surface area contributed by atoms with Crippen molar-refractivity contribution >= 4 is 58.0 Å². The lowest BCUT2D eigenvalue weighted by atomic mass is 10.1. The number of hydrogen-bond donors (Lipinski definition) is 0. The fraction of sp³-hybridized carbons (Fsp3) is 0.0952. The Hall–Kier alpha value is -1.98. The van der Waals surface area contributed by atoms with E-state index in [-0.39, 0.29) is 12.4 Å². The van der Waals surface area contributed by atoms with Crippen LogP contribution in [0.5, 0.6) is 11.5 Å². The summed E-state index contributed by atoms with van der Waals surface area (Å²) in [4.78, 5) is 12.8. The summed E-state index contributed by atoms with van der Waals surface area (Å²) in [5.41, 5.74) is 1.65. The van der Waals surface area contributed by atoms with Crippen LogP contribution in [0.15, 0.2) is 53.9 Å². The first-order chi connectivity index (χ1) is 13.5. The first-order valence-corrected chi connectivity index (χ1v) is 10.2. The Morgan fingerprint density at radius 3 is 2.54 bits per heavy atom. The summed E-state index contributed by atoms with van der Waals surface area (Å²) in [6.45, 7) is 0.210. The molecule has 0 aliphatic rings. The van der Waals surface area contributed by atoms with Crippen molar-refractivity contribution in [3.05, 3.63) is 85.0 Å². The van der Waals surface area contributed by atoms with Crippen LogP contribution in [0.2, 0.25) is 15.1 Å². The standard InChI is InChI=1S/C21H15Cl3O3S/c1-26-19-7-5-13(4-6-18(25)21-3-2-8-28-21)9-14(19)12-27-20-11-16(23)15(22)10-17(20)24/h2-11H,12H2,1H3/b6-4+. The predicted octanol–water partition coefficient (Wildman–Crippen LogP) is 7.19. The molecule has 3 rings (SSSR count). The van der Waals surface area contributed by atoms with Crippen LogP contribution in [0.3, 0.4) is 0 Å². The summed E-state index contributed by atoms with van der Waals surface area (Å²) in [5.74, 6) is 1.05. The Morgan fingerprint density at radius 2 is 1.82 bits per heavy atom. The molecule has 144 valence electrons. The summed E-state index contributed by atoms with van der Waals surface area (Å²) in [6.07, 6.45) is 3.31. The average Bonchev–Trinajstić information content (AvgIpc) is 3.23. The number of ketones is 1. The molecule has 2 aromatic carbocycles. The molecule has 0 bridgehead atoms. The minimum absolute atomic E-state index is 0.0359. The van der Waals surface area contributed by atoms with Gasteiger partial charge in [0.25, 0.3) is 0 Å². The van der Waals surface area contributed by atoms with E-state index in [4.69, 9.17) is 44.3 Å². The minimum Gasteiger partial charge on any atom is -0.496 e. The highest BCUT2D eigenvalue weighted by Gasteiger charge is 2.10. The van der Waals surface area contributed by atoms with Crippen molar-refractivity contribution in [2.75, 3.05) is 7.11 Å². The Bertz CT molecular complexity index is 1010. The first-order valence-electron chi connectivity index (χ1n) is 8.18. The van der Waals surface area contributed by atoms with Gasteiger partial charge in [-0.15, -0.1) is 11.3 Å². The van der Waals surface area contributed by atoms with Crippen LogP contribution in [0.4, 0.5) is 0 Å². The Balaban J connectivity index is 1.78. The van der Waals surface area contributed by atoms with Crippen molar-refractivity contribution in [3.8, 4) is 11.5 Å². The lowest BCUT2D eigenvalue weighted by Crippen LogP contribution is -2.00. The number of carbonyl (C=O) groups excluding carboxylic acids is 1. The van der Waals surface area contributed by atoms with Crippen molar-refractivity contribution in [2.24, 2.45) is 0 Å². The first kappa shape index (κ1) is 20.7. The molecule has 0 unspecified atom stereocenters. The number of ether oxygens (including phenoxy) is 2. The van der Waals surface area contributed by atoms with Gasteiger partial charge in [0.2, 0.25) is 0 Å². The molecule has 0 amide bonds. The number of thiophene rings is 1. The van der Waals surface area contributed by atoms with Gasteiger partial charge in [-0.25, -0.2) is 0 Å². The lowest BCUT2D eigenvalue weighted by Gasteiger charge is -2.13. The zero-order valence-electron chi connectivity index (χ0n) is 14.7. The van der Waals surface area contributed by atoms with Gasteiger partial charge in [-0.2, -0.15) is 0 Å². The Kier molecular flexibility index (Phi) is 7.03. The van der Waals surface area contributed by atoms with Crippen LogP contribution in [0.25, 0.3) is 6.08 Å². The quantitative estimate of drug-likeness (QED) is 0.216. The van der Waals surface area contributed by atoms with E-state index < -0.39 is 0 Å². The van der Waals surface area contributed by atoms with Gasteiger partial charge in [0.15, 0.2) is 5.78 Å². The topological polar surface area (TPSA) is 35.5 Å². The minimum atomic E-state index is -0.0359. The molecule has 0 aliphatic carbocycles. The van der Waals surface area contributed by atoms with Gasteiger partial charge < -0.3 is 9.47 Å². The highest BCUT2D eigenvalue weighted by molar-refractivity contribution is 7.12. The van der Waals surface area contributed by atoms with Gasteiger partial charge in [-0.05, 0) is 41.3 Å². The van der Waals surface area contributed by atoms with Gasteiger partial charge in [-0.3, -0.25) is 4.79 Å². The molecule has 28 heavy (non-hydrogen) atoms. The van der Waals surface area contributed by atoms with E-state index in [1.54, 1.807) is 31.4 Å². The highest BCUT2D eigenvalue weighted by Crippen LogP contribution is 2.34. The molecule has 0 fully saturated rings. The number of hydrogen-bond acceptors (Lipinski definition) is 4. The number of carbonyl (C=O) groups is 1. The van der Waals surface area contributed by atoms with E-state index in [1.807, 2.05) is 29.6 Å². The molecule has 1 aromatic heterocycles. The summed E-state index contributed by atoms with van der Waals surface area (Å²) < 4.78 is 11.2. The molecule has 7 heteroatoms. The zero-order chi connectivity index (χ0) is 20.1. The third kappa shape index (κ3) is 5.09. The van der Waals surface area contributed by atoms with Crippen LogP contribution in [0.1, 0.15) is 20.8 Å². The van der Waals surface area contributed by atoms with E-state index in [1.165, 1.54) is 17.4 Å². The average molecular weight is 454 g/mol. The van der Waals surface area contributed by atoms with E-state index in [0.717, 1.165) is 11.1 Å². The normalized spacial score (nSPS) is 11.0. The molecular formula is C21H15Cl3O3S. The van der Waals surface area contributed by atoms with E-state index in [9.17, 15) is 4.79 Å². The SMILES string of the molecule is COc1ccc(/C=C/C(=O)c2cccs2)cc1COc1cc(Cl)c(Cl)cc1Cl. The maximum Gasteiger partial charge on any atom is 0.195 e. The number of benzene rings is 2. The number of methoxy groups -OCH3 is 1. The maximum atomic E-state index is 12.1. The molecule has 0 saturated carbocycles. The van der Waals surface area contributed by atoms with Crippen LogP contribution in [0, 0.1) is 0 Å². The summed E-state index contributed by atoms with van der Waals surface area (Å²) >= 11 is 19.5. The van der Waals surface area contributed by atoms with E-state index >= 15 is 0 Å². The van der Waals surface area contributed by atoms with Crippen molar-refractivity contribution in [1.29, 1.82) is 0 Å². The number of allylic oxidation sites excluding steroid dienone is 1. The molecule has 0 N–H and O–H groups in total. The van der Waals surface area contributed by atoms with Crippen molar-refractivity contribution in [3.63, 3.8) is 0 Å². The fourth-order valence-electron chi connectivity index (χ4n) is 2.46. The fourth-order valence-corrected chi connectivity index (χ4v) is 3.69. The molecule has 0 atom stereocenters. The van der Waals surface area contributed by atoms with Crippen LogP contribution in [-0.4, -0.2) is 12.9 Å². The van der Waals surface area contributed by atoms with Gasteiger partial charge in [-0.1, -0.05) is 53.0 Å². The Morgan fingerprint density at radius 1 is 1.04 bits per heavy atom. The molecule has 0 spiro atoms. The largest absolute Gasteiger partial charge is 0.496 e. The van der Waals surface area contributed by atoms with Gasteiger partial charge >= 0.3 is 0 Å². The molecule has 3 aromatic rings. The van der Waals surface area contributed by atoms with E-state index in [2.05, 4.69) is 0 Å². The van der Waals surface area contributed by atoms with Crippen LogP contribution < -0.4 is 9.47 Å². The van der Waals surface area contributed by atoms with Crippen LogP contribution in [-0.2, 0) is 6.61 Å². The monoisotopic (exact) mass is 452 g/mol. The highest BCUT2D eigenvalue weighted by atomic mass is 35.5.